The molecule has 0 aromatic heterocycles. The highest BCUT2D eigenvalue weighted by Crippen LogP contribution is 2.33. The molecule has 2 unspecified atom stereocenters. The number of hydrogen-bond donors (Lipinski definition) is 1. The fourth-order valence-corrected chi connectivity index (χ4v) is 2.51. The van der Waals surface area contributed by atoms with Crippen LogP contribution in [-0.2, 0) is 19.1 Å². The first-order chi connectivity index (χ1) is 8.15. The monoisotopic (exact) mass is 242 g/mol. The predicted molar refractivity (Wildman–Crippen MR) is 58.7 cm³/mol. The number of hydrogen-bond acceptors (Lipinski definition) is 4. The fraction of sp³-hybridized carbons (Fsp3) is 0.833. The lowest BCUT2D eigenvalue weighted by atomic mass is 9.76. The van der Waals surface area contributed by atoms with Crippen LogP contribution in [0.2, 0.25) is 0 Å². The minimum atomic E-state index is -1.33. The molecule has 0 spiro atoms. The molecule has 2 rings (SSSR count). The average molecular weight is 242 g/mol. The number of aliphatic carboxylic acids is 1. The average Bonchev–Trinajstić information content (AvgIpc) is 2.81. The first-order valence-electron chi connectivity index (χ1n) is 6.11. The first kappa shape index (κ1) is 12.5. The number of Topliss-reactive ketones (excluding diaryl/α,β-unsaturated/α-hetero) is 1. The van der Waals surface area contributed by atoms with E-state index in [1.165, 1.54) is 0 Å². The Morgan fingerprint density at radius 1 is 1.47 bits per heavy atom. The summed E-state index contributed by atoms with van der Waals surface area (Å²) >= 11 is 0. The van der Waals surface area contributed by atoms with E-state index in [2.05, 4.69) is 0 Å². The molecule has 1 N–H and O–H groups in total. The molecule has 0 bridgehead atoms. The van der Waals surface area contributed by atoms with E-state index in [-0.39, 0.29) is 24.9 Å². The normalized spacial score (nSPS) is 33.9. The Bertz CT molecular complexity index is 308. The van der Waals surface area contributed by atoms with Crippen LogP contribution in [0.15, 0.2) is 0 Å². The summed E-state index contributed by atoms with van der Waals surface area (Å²) in [4.78, 5) is 23.2. The Labute approximate surface area is 100 Å². The number of carbonyl (C=O) groups excluding carboxylic acids is 1. The van der Waals surface area contributed by atoms with Crippen LogP contribution < -0.4 is 0 Å². The third kappa shape index (κ3) is 2.50. The van der Waals surface area contributed by atoms with Gasteiger partial charge in [0, 0.05) is 13.0 Å². The second kappa shape index (κ2) is 5.14. The molecule has 2 aliphatic rings. The van der Waals surface area contributed by atoms with E-state index in [1.807, 2.05) is 0 Å². The summed E-state index contributed by atoms with van der Waals surface area (Å²) in [6.07, 6.45) is 3.26. The van der Waals surface area contributed by atoms with Gasteiger partial charge in [0.1, 0.15) is 5.41 Å². The number of ether oxygens (including phenoxy) is 2. The molecule has 2 atom stereocenters. The van der Waals surface area contributed by atoms with Crippen molar-refractivity contribution in [3.8, 4) is 0 Å². The Morgan fingerprint density at radius 2 is 2.29 bits per heavy atom. The number of carbonyl (C=O) groups is 2. The first-order valence-corrected chi connectivity index (χ1v) is 6.11. The van der Waals surface area contributed by atoms with Crippen LogP contribution in [0.4, 0.5) is 0 Å². The van der Waals surface area contributed by atoms with E-state index in [4.69, 9.17) is 9.47 Å². The topological polar surface area (TPSA) is 72.8 Å². The molecule has 0 saturated carbocycles. The zero-order valence-corrected chi connectivity index (χ0v) is 9.81. The molecule has 2 fully saturated rings. The van der Waals surface area contributed by atoms with Crippen LogP contribution in [0.3, 0.4) is 0 Å². The Hall–Kier alpha value is -0.940. The van der Waals surface area contributed by atoms with Crippen molar-refractivity contribution >= 4 is 11.8 Å². The van der Waals surface area contributed by atoms with Crippen LogP contribution in [0, 0.1) is 5.41 Å². The van der Waals surface area contributed by atoms with Crippen LogP contribution in [0.25, 0.3) is 0 Å². The van der Waals surface area contributed by atoms with Gasteiger partial charge >= 0.3 is 5.97 Å². The maximum absolute atomic E-state index is 11.9. The van der Waals surface area contributed by atoms with Gasteiger partial charge < -0.3 is 14.6 Å². The molecule has 0 aliphatic carbocycles. The summed E-state index contributed by atoms with van der Waals surface area (Å²) in [5, 5.41) is 9.29. The molecule has 17 heavy (non-hydrogen) atoms. The van der Waals surface area contributed by atoms with Crippen molar-refractivity contribution in [2.45, 2.75) is 38.2 Å². The zero-order chi connectivity index (χ0) is 12.3. The second-order valence-corrected chi connectivity index (χ2v) is 4.79. The molecule has 96 valence electrons. The molecule has 0 aromatic rings. The van der Waals surface area contributed by atoms with Gasteiger partial charge in [-0.15, -0.1) is 0 Å². The maximum atomic E-state index is 11.9. The largest absolute Gasteiger partial charge is 0.480 e. The van der Waals surface area contributed by atoms with Crippen LogP contribution in [0.5, 0.6) is 0 Å². The summed E-state index contributed by atoms with van der Waals surface area (Å²) in [5.41, 5.74) is -1.33. The Balaban J connectivity index is 2.00. The molecule has 0 amide bonds. The van der Waals surface area contributed by atoms with Gasteiger partial charge in [0.25, 0.3) is 0 Å². The Kier molecular flexibility index (Phi) is 3.79. The lowest BCUT2D eigenvalue weighted by Gasteiger charge is -2.32. The summed E-state index contributed by atoms with van der Waals surface area (Å²) in [6, 6.07) is 0. The van der Waals surface area contributed by atoms with Gasteiger partial charge in [0.15, 0.2) is 5.78 Å². The molecule has 2 saturated heterocycles. The minimum Gasteiger partial charge on any atom is -0.480 e. The van der Waals surface area contributed by atoms with Crippen molar-refractivity contribution in [2.24, 2.45) is 5.41 Å². The number of ketones is 1. The quantitative estimate of drug-likeness (QED) is 0.745. The Morgan fingerprint density at radius 3 is 2.88 bits per heavy atom. The van der Waals surface area contributed by atoms with E-state index in [0.29, 0.717) is 19.4 Å². The van der Waals surface area contributed by atoms with Crippen LogP contribution in [-0.4, -0.2) is 42.8 Å². The number of carboxylic acids is 1. The molecular formula is C12H18O5. The van der Waals surface area contributed by atoms with E-state index >= 15 is 0 Å². The van der Waals surface area contributed by atoms with Crippen molar-refractivity contribution in [1.82, 2.24) is 0 Å². The third-order valence-corrected chi connectivity index (χ3v) is 3.68. The van der Waals surface area contributed by atoms with Gasteiger partial charge in [-0.05, 0) is 25.7 Å². The van der Waals surface area contributed by atoms with Gasteiger partial charge in [-0.25, -0.2) is 0 Å². The SMILES string of the molecule is O=C(O)C1(CCC2CCCO2)COCCC1=O. The predicted octanol–water partition coefficient (Wildman–Crippen LogP) is 1.01. The van der Waals surface area contributed by atoms with E-state index in [9.17, 15) is 14.7 Å². The van der Waals surface area contributed by atoms with E-state index in [0.717, 1.165) is 19.4 Å². The molecule has 5 nitrogen and oxygen atoms in total. The maximum Gasteiger partial charge on any atom is 0.319 e. The minimum absolute atomic E-state index is 0.00782. The molecule has 0 radical (unpaired) electrons. The molecule has 2 aliphatic heterocycles. The third-order valence-electron chi connectivity index (χ3n) is 3.68. The van der Waals surface area contributed by atoms with Gasteiger partial charge in [0.05, 0.1) is 19.3 Å². The molecule has 5 heteroatoms. The highest BCUT2D eigenvalue weighted by atomic mass is 16.5. The van der Waals surface area contributed by atoms with E-state index in [1.54, 1.807) is 0 Å². The van der Waals surface area contributed by atoms with Gasteiger partial charge in [0.2, 0.25) is 0 Å². The summed E-state index contributed by atoms with van der Waals surface area (Å²) in [7, 11) is 0. The molecule has 2 heterocycles. The zero-order valence-electron chi connectivity index (χ0n) is 9.81. The summed E-state index contributed by atoms with van der Waals surface area (Å²) < 4.78 is 10.6. The lowest BCUT2D eigenvalue weighted by Crippen LogP contribution is -2.47. The van der Waals surface area contributed by atoms with E-state index < -0.39 is 11.4 Å². The van der Waals surface area contributed by atoms with Gasteiger partial charge in [-0.3, -0.25) is 9.59 Å². The van der Waals surface area contributed by atoms with Crippen molar-refractivity contribution in [1.29, 1.82) is 0 Å². The number of rotatable bonds is 4. The molecular weight excluding hydrogens is 224 g/mol. The number of carboxylic acid groups (broad SMARTS) is 1. The van der Waals surface area contributed by atoms with Gasteiger partial charge in [-0.1, -0.05) is 0 Å². The van der Waals surface area contributed by atoms with Crippen molar-refractivity contribution < 1.29 is 24.2 Å². The molecule has 0 aromatic carbocycles. The summed E-state index contributed by atoms with van der Waals surface area (Å²) in [5.74, 6) is -1.26. The van der Waals surface area contributed by atoms with Crippen LogP contribution in [0.1, 0.15) is 32.1 Å². The highest BCUT2D eigenvalue weighted by molar-refractivity contribution is 6.03. The van der Waals surface area contributed by atoms with Crippen molar-refractivity contribution in [3.63, 3.8) is 0 Å². The van der Waals surface area contributed by atoms with Crippen molar-refractivity contribution in [3.05, 3.63) is 0 Å². The second-order valence-electron chi connectivity index (χ2n) is 4.79. The standard InChI is InChI=1S/C12H18O5/c13-10-4-7-16-8-12(10,11(14)15)5-3-9-2-1-6-17-9/h9H,1-8H2,(H,14,15). The van der Waals surface area contributed by atoms with Crippen LogP contribution >= 0.6 is 0 Å². The highest BCUT2D eigenvalue weighted by Gasteiger charge is 2.47. The fourth-order valence-electron chi connectivity index (χ4n) is 2.51. The van der Waals surface area contributed by atoms with Crippen molar-refractivity contribution in [2.75, 3.05) is 19.8 Å². The summed E-state index contributed by atoms with van der Waals surface area (Å²) in [6.45, 7) is 1.09. The van der Waals surface area contributed by atoms with Gasteiger partial charge in [-0.2, -0.15) is 0 Å². The smallest absolute Gasteiger partial charge is 0.319 e. The lowest BCUT2D eigenvalue weighted by molar-refractivity contribution is -0.165.